The third-order valence-electron chi connectivity index (χ3n) is 11.8. The molecule has 8 rings (SSSR count). The Morgan fingerprint density at radius 3 is 1.11 bits per heavy atom. The molecule has 0 atom stereocenters. The molecule has 0 radical (unpaired) electrons. The van der Waals surface area contributed by atoms with Crippen molar-refractivity contribution in [2.45, 2.75) is 37.5 Å². The van der Waals surface area contributed by atoms with Gasteiger partial charge >= 0.3 is 0 Å². The molecule has 0 fully saturated rings. The molecule has 4 nitrogen and oxygen atoms in total. The summed E-state index contributed by atoms with van der Waals surface area (Å²) in [6.07, 6.45) is 1.67. The molecule has 6 aromatic carbocycles. The van der Waals surface area contributed by atoms with Crippen molar-refractivity contribution in [1.29, 1.82) is 0 Å². The van der Waals surface area contributed by atoms with Gasteiger partial charge in [0.1, 0.15) is 0 Å². The lowest BCUT2D eigenvalue weighted by Crippen LogP contribution is -2.30. The lowest BCUT2D eigenvalue weighted by Gasteiger charge is -2.33. The Kier molecular flexibility index (Phi) is 10.4. The Morgan fingerprint density at radius 1 is 0.370 bits per heavy atom. The zero-order valence-electron chi connectivity index (χ0n) is 32.0. The van der Waals surface area contributed by atoms with Gasteiger partial charge in [0.25, 0.3) is 0 Å². The molecule has 0 heterocycles. The van der Waals surface area contributed by atoms with Crippen LogP contribution in [0.4, 0.5) is 0 Å². The minimum atomic E-state index is -0.300. The lowest BCUT2D eigenvalue weighted by molar-refractivity contribution is 0.0491. The van der Waals surface area contributed by atoms with E-state index in [1.807, 2.05) is 0 Å². The van der Waals surface area contributed by atoms with E-state index in [1.54, 1.807) is 14.2 Å². The Labute approximate surface area is 320 Å². The van der Waals surface area contributed by atoms with Crippen LogP contribution in [0, 0.1) is 0 Å². The van der Waals surface area contributed by atoms with E-state index in [0.717, 1.165) is 12.8 Å². The summed E-state index contributed by atoms with van der Waals surface area (Å²) in [7, 11) is 3.44. The van der Waals surface area contributed by atoms with E-state index in [-0.39, 0.29) is 10.8 Å². The fourth-order valence-corrected chi connectivity index (χ4v) is 8.86. The molecule has 0 N–H and O–H groups in total. The van der Waals surface area contributed by atoms with Gasteiger partial charge in [0.15, 0.2) is 0 Å². The predicted octanol–water partition coefficient (Wildman–Crippen LogP) is 11.4. The maximum Gasteiger partial charge on any atom is 0.0700 e. The van der Waals surface area contributed by atoms with Crippen molar-refractivity contribution < 1.29 is 18.9 Å². The van der Waals surface area contributed by atoms with E-state index >= 15 is 0 Å². The molecule has 2 aliphatic carbocycles. The Morgan fingerprint density at radius 2 is 0.722 bits per heavy atom. The number of methoxy groups -OCH3 is 2. The third kappa shape index (κ3) is 6.62. The van der Waals surface area contributed by atoms with Crippen LogP contribution in [0.2, 0.25) is 0 Å². The van der Waals surface area contributed by atoms with E-state index in [2.05, 4.69) is 147 Å². The average molecular weight is 715 g/mol. The van der Waals surface area contributed by atoms with Crippen LogP contribution in [0.15, 0.2) is 133 Å². The van der Waals surface area contributed by atoms with Crippen molar-refractivity contribution in [1.82, 2.24) is 0 Å². The molecule has 0 amide bonds. The van der Waals surface area contributed by atoms with Gasteiger partial charge in [-0.3, -0.25) is 0 Å². The minimum Gasteiger partial charge on any atom is -0.382 e. The highest BCUT2D eigenvalue weighted by Crippen LogP contribution is 2.55. The van der Waals surface area contributed by atoms with Crippen molar-refractivity contribution in [2.75, 3.05) is 53.9 Å². The first kappa shape index (κ1) is 36.2. The molecular weight excluding hydrogens is 665 g/mol. The third-order valence-corrected chi connectivity index (χ3v) is 11.8. The molecule has 0 aromatic heterocycles. The highest BCUT2D eigenvalue weighted by Gasteiger charge is 2.43. The second kappa shape index (κ2) is 15.5. The Balaban J connectivity index is 1.20. The van der Waals surface area contributed by atoms with Gasteiger partial charge < -0.3 is 18.9 Å². The van der Waals surface area contributed by atoms with E-state index < -0.39 is 0 Å². The molecule has 0 bridgehead atoms. The molecule has 54 heavy (non-hydrogen) atoms. The van der Waals surface area contributed by atoms with E-state index in [0.29, 0.717) is 39.6 Å². The molecule has 4 heteroatoms. The first-order valence-corrected chi connectivity index (χ1v) is 19.3. The zero-order chi connectivity index (χ0) is 37.1. The molecule has 274 valence electrons. The SMILES string of the molecule is COCCOCCC1(CCOCCOC)c2cc(-c3ccccc3)ccc2-c2ccc(-c3ccc4c(c3)C(C)(C)c3cc(-c5ccccc5)ccc3-4)cc21. The van der Waals surface area contributed by atoms with Crippen molar-refractivity contribution in [3.05, 3.63) is 156 Å². The van der Waals surface area contributed by atoms with Gasteiger partial charge in [-0.05, 0) is 115 Å². The quantitative estimate of drug-likeness (QED) is 0.0993. The molecule has 6 aromatic rings. The Bertz CT molecular complexity index is 2220. The molecular formula is C50H50O4. The van der Waals surface area contributed by atoms with E-state index in [4.69, 9.17) is 18.9 Å². The van der Waals surface area contributed by atoms with Crippen LogP contribution >= 0.6 is 0 Å². The van der Waals surface area contributed by atoms with Crippen molar-refractivity contribution in [2.24, 2.45) is 0 Å². The van der Waals surface area contributed by atoms with Gasteiger partial charge in [0.05, 0.1) is 26.4 Å². The van der Waals surface area contributed by atoms with Crippen LogP contribution in [0.3, 0.4) is 0 Å². The molecule has 2 aliphatic rings. The second-order valence-corrected chi connectivity index (χ2v) is 15.2. The number of hydrogen-bond acceptors (Lipinski definition) is 4. The maximum atomic E-state index is 6.22. The monoisotopic (exact) mass is 714 g/mol. The summed E-state index contributed by atoms with van der Waals surface area (Å²) >= 11 is 0. The first-order chi connectivity index (χ1) is 26.4. The fourth-order valence-electron chi connectivity index (χ4n) is 8.86. The van der Waals surface area contributed by atoms with Gasteiger partial charge in [-0.15, -0.1) is 0 Å². The van der Waals surface area contributed by atoms with Crippen LogP contribution in [0.5, 0.6) is 0 Å². The molecule has 0 spiro atoms. The van der Waals surface area contributed by atoms with Crippen molar-refractivity contribution in [3.8, 4) is 55.6 Å². The fraction of sp³-hybridized carbons (Fsp3) is 0.280. The lowest BCUT2D eigenvalue weighted by atomic mass is 9.72. The summed E-state index contributed by atoms with van der Waals surface area (Å²) in [6.45, 7) is 8.29. The van der Waals surface area contributed by atoms with Crippen molar-refractivity contribution in [3.63, 3.8) is 0 Å². The molecule has 0 unspecified atom stereocenters. The second-order valence-electron chi connectivity index (χ2n) is 15.2. The van der Waals surface area contributed by atoms with Crippen molar-refractivity contribution >= 4 is 0 Å². The number of fused-ring (bicyclic) bond motifs is 6. The van der Waals surface area contributed by atoms with Crippen LogP contribution in [-0.4, -0.2) is 53.9 Å². The van der Waals surface area contributed by atoms with Gasteiger partial charge in [0.2, 0.25) is 0 Å². The normalized spacial score (nSPS) is 14.4. The largest absolute Gasteiger partial charge is 0.382 e. The number of ether oxygens (including phenoxy) is 4. The number of benzene rings is 6. The van der Waals surface area contributed by atoms with Crippen LogP contribution in [-0.2, 0) is 29.8 Å². The summed E-state index contributed by atoms with van der Waals surface area (Å²) in [4.78, 5) is 0. The summed E-state index contributed by atoms with van der Waals surface area (Å²) in [5.41, 5.74) is 17.7. The van der Waals surface area contributed by atoms with E-state index in [9.17, 15) is 0 Å². The summed E-state index contributed by atoms with van der Waals surface area (Å²) in [5, 5.41) is 0. The number of rotatable bonds is 15. The summed E-state index contributed by atoms with van der Waals surface area (Å²) in [5.74, 6) is 0. The highest BCUT2D eigenvalue weighted by molar-refractivity contribution is 5.88. The average Bonchev–Trinajstić information content (AvgIpc) is 3.61. The predicted molar refractivity (Wildman–Crippen MR) is 221 cm³/mol. The van der Waals surface area contributed by atoms with Crippen LogP contribution < -0.4 is 0 Å². The van der Waals surface area contributed by atoms with Crippen LogP contribution in [0.1, 0.15) is 48.9 Å². The summed E-state index contributed by atoms with van der Waals surface area (Å²) in [6, 6.07) is 49.6. The zero-order valence-corrected chi connectivity index (χ0v) is 32.0. The van der Waals surface area contributed by atoms with Gasteiger partial charge in [-0.1, -0.05) is 123 Å². The van der Waals surface area contributed by atoms with Crippen LogP contribution in [0.25, 0.3) is 55.6 Å². The summed E-state index contributed by atoms with van der Waals surface area (Å²) < 4.78 is 23.1. The number of hydrogen-bond donors (Lipinski definition) is 0. The minimum absolute atomic E-state index is 0.130. The first-order valence-electron chi connectivity index (χ1n) is 19.3. The molecule has 0 saturated heterocycles. The van der Waals surface area contributed by atoms with Gasteiger partial charge in [0, 0.05) is 38.3 Å². The topological polar surface area (TPSA) is 36.9 Å². The molecule has 0 saturated carbocycles. The van der Waals surface area contributed by atoms with Gasteiger partial charge in [-0.25, -0.2) is 0 Å². The van der Waals surface area contributed by atoms with Gasteiger partial charge in [-0.2, -0.15) is 0 Å². The standard InChI is InChI=1S/C50H50O4/c1-49(2)45-31-37(35-11-7-5-8-12-35)15-19-41(45)42-20-17-39(32-46(42)49)40-18-22-44-43-21-16-38(36-13-9-6-10-14-36)33-47(43)50(48(44)34-40,23-25-53-29-27-51-3)24-26-54-30-28-52-4/h5-22,31-34H,23-30H2,1-4H3. The Hall–Kier alpha value is -4.84. The molecule has 0 aliphatic heterocycles. The smallest absolute Gasteiger partial charge is 0.0700 e. The van der Waals surface area contributed by atoms with E-state index in [1.165, 1.54) is 77.9 Å². The maximum absolute atomic E-state index is 6.22. The highest BCUT2D eigenvalue weighted by atomic mass is 16.5.